The number of aliphatic hydroxyl groups is 1. The number of nitrogens with one attached hydrogen (secondary N) is 2. The summed E-state index contributed by atoms with van der Waals surface area (Å²) in [7, 11) is -0.940. The Morgan fingerprint density at radius 3 is 2.11 bits per heavy atom. The molecule has 0 saturated heterocycles. The molecule has 0 saturated carbocycles. The first-order chi connectivity index (χ1) is 20.8. The number of alkyl carbamates (subject to hydrolysis) is 1. The van der Waals surface area contributed by atoms with Crippen LogP contribution >= 0.6 is 19.8 Å². The molecule has 0 aliphatic heterocycles. The maximum atomic E-state index is 13.6. The number of hydrogen-bond donors (Lipinski definition) is 4. The quantitative estimate of drug-likeness (QED) is 0.106. The van der Waals surface area contributed by atoms with E-state index in [-0.39, 0.29) is 12.0 Å². The van der Waals surface area contributed by atoms with Crippen molar-refractivity contribution in [2.24, 2.45) is 11.8 Å². The number of carbonyl (C=O) groups is 4. The number of benzene rings is 2. The number of carbonyl (C=O) groups excluding carboxylic acids is 3. The Kier molecular flexibility index (Phi) is 12.2. The topological polar surface area (TPSA) is 168 Å². The van der Waals surface area contributed by atoms with Gasteiger partial charge < -0.3 is 30.3 Å². The van der Waals surface area contributed by atoms with Gasteiger partial charge in [-0.05, 0) is 52.4 Å². The number of carboxylic acid groups (broad SMARTS) is 1. The van der Waals surface area contributed by atoms with Gasteiger partial charge in [0, 0.05) is 6.92 Å². The Morgan fingerprint density at radius 2 is 1.57 bits per heavy atom. The molecule has 1 heterocycles. The Balaban J connectivity index is 2.00. The van der Waals surface area contributed by atoms with Crippen LogP contribution in [-0.4, -0.2) is 51.8 Å². The number of carboxylic acids is 1. The summed E-state index contributed by atoms with van der Waals surface area (Å²) in [5, 5.41) is 27.8. The van der Waals surface area contributed by atoms with Crippen LogP contribution in [0.4, 0.5) is 4.79 Å². The zero-order valence-electron chi connectivity index (χ0n) is 24.6. The lowest BCUT2D eigenvalue weighted by atomic mass is 9.85. The lowest BCUT2D eigenvalue weighted by molar-refractivity contribution is -0.169. The van der Waals surface area contributed by atoms with Crippen molar-refractivity contribution in [1.29, 1.82) is 0 Å². The van der Waals surface area contributed by atoms with Crippen molar-refractivity contribution in [1.82, 2.24) is 10.6 Å². The maximum Gasteiger partial charge on any atom is 0.410 e. The van der Waals surface area contributed by atoms with Gasteiger partial charge in [0.2, 0.25) is 12.2 Å². The van der Waals surface area contributed by atoms with Gasteiger partial charge in [-0.1, -0.05) is 68.4 Å². The number of ether oxygens (including phenoxy) is 2. The Hall–Kier alpha value is -4.12. The van der Waals surface area contributed by atoms with Crippen LogP contribution in [0.2, 0.25) is 0 Å². The highest BCUT2D eigenvalue weighted by molar-refractivity contribution is 7.25. The molecule has 4 N–H and O–H groups in total. The van der Waals surface area contributed by atoms with Gasteiger partial charge in [0.1, 0.15) is 6.04 Å². The van der Waals surface area contributed by atoms with Crippen molar-refractivity contribution in [2.45, 2.75) is 57.8 Å². The molecule has 44 heavy (non-hydrogen) atoms. The first-order valence-electron chi connectivity index (χ1n) is 13.8. The van der Waals surface area contributed by atoms with E-state index in [1.54, 1.807) is 67.6 Å². The van der Waals surface area contributed by atoms with Gasteiger partial charge in [-0.15, -0.1) is 0 Å². The van der Waals surface area contributed by atoms with Gasteiger partial charge >= 0.3 is 18.0 Å². The molecular weight excluding hydrogens is 607 g/mol. The van der Waals surface area contributed by atoms with Crippen molar-refractivity contribution in [3.05, 3.63) is 82.6 Å². The summed E-state index contributed by atoms with van der Waals surface area (Å²) in [4.78, 5) is 50.1. The molecule has 0 aliphatic carbocycles. The van der Waals surface area contributed by atoms with E-state index < -0.39 is 68.0 Å². The Bertz CT molecular complexity index is 1430. The van der Waals surface area contributed by atoms with E-state index in [2.05, 4.69) is 10.6 Å². The van der Waals surface area contributed by atoms with Crippen molar-refractivity contribution in [3.8, 4) is 11.1 Å². The molecule has 0 radical (unpaired) electrons. The summed E-state index contributed by atoms with van der Waals surface area (Å²) >= 11 is 1.54. The second-order valence-electron chi connectivity index (χ2n) is 10.5. The SMILES string of the molecule is CC(OC(=O)NC(c1ccccc1)C(O)(P=O)C(Cc1ccc(-c2ccsc2)cc1)C(=O)NC(C)C(=O)O)OC(=O)C(C)C. The molecule has 0 bridgehead atoms. The summed E-state index contributed by atoms with van der Waals surface area (Å²) in [5.41, 5.74) is 2.78. The van der Waals surface area contributed by atoms with Gasteiger partial charge in [0.05, 0.1) is 17.9 Å². The van der Waals surface area contributed by atoms with Gasteiger partial charge in [0.25, 0.3) is 0 Å². The smallest absolute Gasteiger partial charge is 0.410 e. The maximum absolute atomic E-state index is 13.6. The minimum atomic E-state index is -2.51. The van der Waals surface area contributed by atoms with Gasteiger partial charge in [-0.3, -0.25) is 18.9 Å². The van der Waals surface area contributed by atoms with Crippen molar-refractivity contribution >= 4 is 43.7 Å². The average molecular weight is 643 g/mol. The summed E-state index contributed by atoms with van der Waals surface area (Å²) in [5.74, 6) is -4.82. The first-order valence-corrected chi connectivity index (χ1v) is 15.5. The Morgan fingerprint density at radius 1 is 0.909 bits per heavy atom. The van der Waals surface area contributed by atoms with Crippen LogP contribution in [0.25, 0.3) is 11.1 Å². The second kappa shape index (κ2) is 15.6. The zero-order chi connectivity index (χ0) is 32.4. The van der Waals surface area contributed by atoms with Crippen LogP contribution in [0.3, 0.4) is 0 Å². The summed E-state index contributed by atoms with van der Waals surface area (Å²) in [6.07, 6.45) is -2.59. The largest absolute Gasteiger partial charge is 0.480 e. The zero-order valence-corrected chi connectivity index (χ0v) is 26.3. The van der Waals surface area contributed by atoms with Gasteiger partial charge in [-0.2, -0.15) is 11.3 Å². The predicted molar refractivity (Wildman–Crippen MR) is 164 cm³/mol. The first kappa shape index (κ1) is 34.4. The number of esters is 1. The minimum absolute atomic E-state index is 0.170. The van der Waals surface area contributed by atoms with Crippen LogP contribution in [0.15, 0.2) is 71.4 Å². The van der Waals surface area contributed by atoms with Crippen LogP contribution in [-0.2, 0) is 34.8 Å². The predicted octanol–water partition coefficient (Wildman–Crippen LogP) is 5.16. The molecule has 0 spiro atoms. The normalized spacial score (nSPS) is 15.3. The number of thiophene rings is 1. The van der Waals surface area contributed by atoms with Gasteiger partial charge in [0.15, 0.2) is 13.8 Å². The molecular formula is C31H35N2O9PS. The van der Waals surface area contributed by atoms with E-state index in [1.807, 2.05) is 29.0 Å². The molecule has 0 fully saturated rings. The number of aliphatic carboxylic acids is 1. The van der Waals surface area contributed by atoms with E-state index >= 15 is 0 Å². The van der Waals surface area contributed by atoms with Crippen LogP contribution < -0.4 is 10.6 Å². The third-order valence-corrected chi connectivity index (χ3v) is 8.35. The summed E-state index contributed by atoms with van der Waals surface area (Å²) in [6.45, 7) is 5.81. The van der Waals surface area contributed by atoms with E-state index in [0.29, 0.717) is 5.56 Å². The van der Waals surface area contributed by atoms with E-state index in [1.165, 1.54) is 13.8 Å². The third-order valence-electron chi connectivity index (χ3n) is 6.80. The fourth-order valence-electron chi connectivity index (χ4n) is 4.33. The summed E-state index contributed by atoms with van der Waals surface area (Å²) < 4.78 is 23.2. The molecule has 3 rings (SSSR count). The highest BCUT2D eigenvalue weighted by Gasteiger charge is 2.51. The van der Waals surface area contributed by atoms with Gasteiger partial charge in [-0.25, -0.2) is 4.79 Å². The monoisotopic (exact) mass is 642 g/mol. The molecule has 5 atom stereocenters. The summed E-state index contributed by atoms with van der Waals surface area (Å²) in [6, 6.07) is 14.3. The fourth-order valence-corrected chi connectivity index (χ4v) is 5.65. The molecule has 13 heteroatoms. The van der Waals surface area contributed by atoms with Crippen LogP contribution in [0.1, 0.15) is 44.9 Å². The fraction of sp³-hybridized carbons (Fsp3) is 0.355. The number of hydrogen-bond acceptors (Lipinski definition) is 9. The van der Waals surface area contributed by atoms with Crippen molar-refractivity contribution in [3.63, 3.8) is 0 Å². The number of rotatable bonds is 14. The molecule has 1 aromatic heterocycles. The van der Waals surface area contributed by atoms with E-state index in [0.717, 1.165) is 11.1 Å². The number of amides is 2. The highest BCUT2D eigenvalue weighted by atomic mass is 32.1. The molecule has 11 nitrogen and oxygen atoms in total. The minimum Gasteiger partial charge on any atom is -0.480 e. The molecule has 2 aromatic carbocycles. The van der Waals surface area contributed by atoms with Crippen LogP contribution in [0.5, 0.6) is 0 Å². The molecule has 5 unspecified atom stereocenters. The Labute approximate surface area is 260 Å². The van der Waals surface area contributed by atoms with Crippen LogP contribution in [0, 0.1) is 11.8 Å². The standard InChI is InChI=1S/C31H35N2O9PS/c1-18(2)29(37)41-20(4)42-30(38)33-26(23-8-6-5-7-9-23)31(39,43-40)25(27(34)32-19(3)28(35)36)16-21-10-12-22(13-11-21)24-14-15-44-17-24/h5-15,17-20,25-26,39H,16H2,1-4H3,(H,32,34)(H,33,38)(H,35,36). The van der Waals surface area contributed by atoms with Crippen molar-refractivity contribution < 1.29 is 43.4 Å². The third kappa shape index (κ3) is 8.95. The average Bonchev–Trinajstić information content (AvgIpc) is 3.54. The lowest BCUT2D eigenvalue weighted by Crippen LogP contribution is -2.54. The molecule has 3 aromatic rings. The molecule has 234 valence electrons. The van der Waals surface area contributed by atoms with Crippen molar-refractivity contribution in [2.75, 3.05) is 0 Å². The lowest BCUT2D eigenvalue weighted by Gasteiger charge is -2.37. The molecule has 2 amide bonds. The highest BCUT2D eigenvalue weighted by Crippen LogP contribution is 2.43. The van der Waals surface area contributed by atoms with E-state index in [9.17, 15) is 34.0 Å². The second-order valence-corrected chi connectivity index (χ2v) is 12.1. The molecule has 0 aliphatic rings. The van der Waals surface area contributed by atoms with E-state index in [4.69, 9.17) is 9.47 Å².